The van der Waals surface area contributed by atoms with Crippen LogP contribution in [0.1, 0.15) is 37.2 Å². The van der Waals surface area contributed by atoms with Gasteiger partial charge in [0, 0.05) is 19.0 Å². The maximum Gasteiger partial charge on any atom is 0.242 e. The molecular formula is C21H27N3O3. The average Bonchev–Trinajstić information content (AvgIpc) is 3.25. The third-order valence-corrected chi connectivity index (χ3v) is 6.55. The van der Waals surface area contributed by atoms with E-state index in [9.17, 15) is 14.4 Å². The van der Waals surface area contributed by atoms with Crippen LogP contribution in [-0.2, 0) is 14.4 Å². The fourth-order valence-corrected chi connectivity index (χ4v) is 5.01. The average molecular weight is 369 g/mol. The quantitative estimate of drug-likeness (QED) is 0.813. The highest BCUT2D eigenvalue weighted by atomic mass is 16.2. The number of imide groups is 1. The lowest BCUT2D eigenvalue weighted by molar-refractivity contribution is -0.146. The summed E-state index contributed by atoms with van der Waals surface area (Å²) in [6.07, 6.45) is 3.53. The van der Waals surface area contributed by atoms with Crippen molar-refractivity contribution in [1.82, 2.24) is 9.80 Å². The van der Waals surface area contributed by atoms with Gasteiger partial charge >= 0.3 is 0 Å². The summed E-state index contributed by atoms with van der Waals surface area (Å²) >= 11 is 0. The molecule has 144 valence electrons. The van der Waals surface area contributed by atoms with Crippen molar-refractivity contribution in [3.05, 3.63) is 35.9 Å². The van der Waals surface area contributed by atoms with Crippen molar-refractivity contribution in [3.63, 3.8) is 0 Å². The monoisotopic (exact) mass is 369 g/mol. The molecule has 1 saturated carbocycles. The number of carbonyl (C=O) groups is 3. The fourth-order valence-electron chi connectivity index (χ4n) is 5.01. The van der Waals surface area contributed by atoms with Crippen molar-refractivity contribution in [1.29, 1.82) is 0 Å². The molecule has 0 bridgehead atoms. The minimum absolute atomic E-state index is 0.122. The van der Waals surface area contributed by atoms with Crippen LogP contribution in [0.3, 0.4) is 0 Å². The van der Waals surface area contributed by atoms with Crippen LogP contribution in [0.15, 0.2) is 30.3 Å². The van der Waals surface area contributed by atoms with Crippen LogP contribution in [0.2, 0.25) is 0 Å². The molecule has 1 aliphatic carbocycles. The highest BCUT2D eigenvalue weighted by Gasteiger charge is 2.49. The van der Waals surface area contributed by atoms with Crippen LogP contribution in [0.25, 0.3) is 0 Å². The van der Waals surface area contributed by atoms with Gasteiger partial charge in [0.2, 0.25) is 17.7 Å². The Morgan fingerprint density at radius 1 is 0.963 bits per heavy atom. The molecule has 3 fully saturated rings. The van der Waals surface area contributed by atoms with Crippen molar-refractivity contribution in [2.24, 2.45) is 23.5 Å². The largest absolute Gasteiger partial charge is 0.340 e. The van der Waals surface area contributed by atoms with E-state index < -0.39 is 0 Å². The predicted octanol–water partition coefficient (Wildman–Crippen LogP) is 1.36. The summed E-state index contributed by atoms with van der Waals surface area (Å²) in [6.45, 7) is 1.56. The number of likely N-dealkylation sites (tertiary alicyclic amines) is 2. The molecule has 0 radical (unpaired) electrons. The van der Waals surface area contributed by atoms with E-state index in [1.165, 1.54) is 10.5 Å². The van der Waals surface area contributed by atoms with Gasteiger partial charge < -0.3 is 10.6 Å². The summed E-state index contributed by atoms with van der Waals surface area (Å²) in [4.78, 5) is 41.1. The van der Waals surface area contributed by atoms with Crippen LogP contribution in [0, 0.1) is 17.8 Å². The second kappa shape index (κ2) is 7.43. The lowest BCUT2D eigenvalue weighted by atomic mass is 9.81. The maximum absolute atomic E-state index is 12.9. The Bertz CT molecular complexity index is 711. The summed E-state index contributed by atoms with van der Waals surface area (Å²) in [7, 11) is 0. The second-order valence-electron chi connectivity index (χ2n) is 8.07. The van der Waals surface area contributed by atoms with Crippen LogP contribution >= 0.6 is 0 Å². The third kappa shape index (κ3) is 3.27. The number of hydrogen-bond acceptors (Lipinski definition) is 4. The van der Waals surface area contributed by atoms with Gasteiger partial charge in [-0.15, -0.1) is 0 Å². The van der Waals surface area contributed by atoms with Gasteiger partial charge in [0.25, 0.3) is 0 Å². The molecule has 4 atom stereocenters. The first-order chi connectivity index (χ1) is 13.1. The van der Waals surface area contributed by atoms with Crippen molar-refractivity contribution >= 4 is 17.7 Å². The van der Waals surface area contributed by atoms with E-state index in [2.05, 4.69) is 12.1 Å². The van der Waals surface area contributed by atoms with Gasteiger partial charge in [-0.1, -0.05) is 43.2 Å². The van der Waals surface area contributed by atoms with E-state index in [1.54, 1.807) is 4.90 Å². The van der Waals surface area contributed by atoms with Gasteiger partial charge in [-0.25, -0.2) is 0 Å². The van der Waals surface area contributed by atoms with Gasteiger partial charge in [-0.05, 0) is 30.9 Å². The van der Waals surface area contributed by atoms with Gasteiger partial charge in [-0.2, -0.15) is 0 Å². The Kier molecular flexibility index (Phi) is 5.00. The number of rotatable bonds is 4. The lowest BCUT2D eigenvalue weighted by Gasteiger charge is -2.20. The summed E-state index contributed by atoms with van der Waals surface area (Å²) in [5.74, 6) is -0.443. The highest BCUT2D eigenvalue weighted by Crippen LogP contribution is 2.38. The van der Waals surface area contributed by atoms with E-state index in [1.807, 2.05) is 18.2 Å². The molecule has 0 aromatic heterocycles. The molecule has 3 aliphatic rings. The summed E-state index contributed by atoms with van der Waals surface area (Å²) in [6, 6.07) is 10.1. The van der Waals surface area contributed by atoms with Gasteiger partial charge in [-0.3, -0.25) is 19.3 Å². The van der Waals surface area contributed by atoms with Crippen LogP contribution in [0.4, 0.5) is 0 Å². The number of amides is 3. The first-order valence-corrected chi connectivity index (χ1v) is 9.98. The molecule has 2 saturated heterocycles. The third-order valence-electron chi connectivity index (χ3n) is 6.55. The van der Waals surface area contributed by atoms with E-state index in [0.717, 1.165) is 25.7 Å². The number of nitrogens with zero attached hydrogens (tertiary/aromatic N) is 2. The Balaban J connectivity index is 1.44. The number of benzene rings is 1. The Morgan fingerprint density at radius 3 is 2.19 bits per heavy atom. The minimum atomic E-state index is -0.202. The molecule has 3 amide bonds. The van der Waals surface area contributed by atoms with Gasteiger partial charge in [0.1, 0.15) is 6.54 Å². The van der Waals surface area contributed by atoms with E-state index in [0.29, 0.717) is 19.6 Å². The van der Waals surface area contributed by atoms with Crippen LogP contribution < -0.4 is 5.73 Å². The Labute approximate surface area is 159 Å². The van der Waals surface area contributed by atoms with Gasteiger partial charge in [0.15, 0.2) is 0 Å². The van der Waals surface area contributed by atoms with Crippen molar-refractivity contribution in [2.45, 2.75) is 31.6 Å². The molecule has 0 spiro atoms. The summed E-state index contributed by atoms with van der Waals surface area (Å²) in [5.41, 5.74) is 7.14. The zero-order valence-corrected chi connectivity index (χ0v) is 15.5. The summed E-state index contributed by atoms with van der Waals surface area (Å²) in [5, 5.41) is 0. The molecule has 2 unspecified atom stereocenters. The van der Waals surface area contributed by atoms with E-state index >= 15 is 0 Å². The number of carbonyl (C=O) groups excluding carboxylic acids is 3. The maximum atomic E-state index is 12.9. The molecule has 1 aromatic carbocycles. The molecule has 2 heterocycles. The zero-order chi connectivity index (χ0) is 19.0. The molecule has 1 aromatic rings. The van der Waals surface area contributed by atoms with Crippen molar-refractivity contribution < 1.29 is 14.4 Å². The Morgan fingerprint density at radius 2 is 1.59 bits per heavy atom. The van der Waals surface area contributed by atoms with Crippen LogP contribution in [0.5, 0.6) is 0 Å². The number of hydrogen-bond donors (Lipinski definition) is 1. The van der Waals surface area contributed by atoms with Crippen molar-refractivity contribution in [2.75, 3.05) is 26.2 Å². The number of nitrogens with two attached hydrogens (primary N) is 1. The Hall–Kier alpha value is -2.21. The number of fused-ring (bicyclic) bond motifs is 1. The first-order valence-electron chi connectivity index (χ1n) is 9.98. The molecule has 2 aliphatic heterocycles. The molecule has 4 rings (SSSR count). The van der Waals surface area contributed by atoms with Crippen molar-refractivity contribution in [3.8, 4) is 0 Å². The predicted molar refractivity (Wildman–Crippen MR) is 100 cm³/mol. The molecule has 27 heavy (non-hydrogen) atoms. The molecular weight excluding hydrogens is 342 g/mol. The first kappa shape index (κ1) is 18.2. The molecule has 6 heteroatoms. The fraction of sp³-hybridized carbons (Fsp3) is 0.571. The normalized spacial score (nSPS) is 30.7. The standard InChI is InChI=1S/C21H27N3O3/c22-10-15-11-23(12-18(15)14-6-2-1-3-7-14)19(25)13-24-20(26)16-8-4-5-9-17(16)21(24)27/h1-3,6-7,15-18H,4-5,8-13,22H2/t15-,16?,17?,18+/m1/s1. The van der Waals surface area contributed by atoms with Gasteiger partial charge in [0.05, 0.1) is 11.8 Å². The zero-order valence-electron chi connectivity index (χ0n) is 15.5. The topological polar surface area (TPSA) is 83.7 Å². The summed E-state index contributed by atoms with van der Waals surface area (Å²) < 4.78 is 0. The smallest absolute Gasteiger partial charge is 0.242 e. The minimum Gasteiger partial charge on any atom is -0.340 e. The second-order valence-corrected chi connectivity index (χ2v) is 8.07. The molecule has 2 N–H and O–H groups in total. The van der Waals surface area contributed by atoms with Crippen LogP contribution in [-0.4, -0.2) is 53.7 Å². The highest BCUT2D eigenvalue weighted by molar-refractivity contribution is 6.07. The van der Waals surface area contributed by atoms with E-state index in [4.69, 9.17) is 5.73 Å². The SMILES string of the molecule is NC[C@@H]1CN(C(=O)CN2C(=O)C3CCCCC3C2=O)C[C@H]1c1ccccc1. The molecule has 6 nitrogen and oxygen atoms in total. The van der Waals surface area contributed by atoms with E-state index in [-0.39, 0.29) is 47.9 Å². The lowest BCUT2D eigenvalue weighted by Crippen LogP contribution is -2.42.